The standard InChI is InChI=1S/C27H33BrO5Se/c1-3-4-5-6-7-11-16-32-25(29)20-17-18-12-13-19-21(28)24(27(31-2)14-9-8-10-15-27)34-23(19)22(18)33-26(20)30/h12-13,17H,3-11,14-16H2,1-2H3. The van der Waals surface area contributed by atoms with E-state index in [9.17, 15) is 9.59 Å². The zero-order valence-electron chi connectivity index (χ0n) is 20.0. The maximum absolute atomic E-state index is 12.8. The predicted octanol–water partition coefficient (Wildman–Crippen LogP) is 7.09. The summed E-state index contributed by atoms with van der Waals surface area (Å²) in [6.07, 6.45) is 12.2. The van der Waals surface area contributed by atoms with Gasteiger partial charge < -0.3 is 0 Å². The van der Waals surface area contributed by atoms with Crippen LogP contribution in [0.2, 0.25) is 0 Å². The molecule has 0 saturated heterocycles. The van der Waals surface area contributed by atoms with E-state index < -0.39 is 11.6 Å². The first-order chi connectivity index (χ1) is 16.5. The molecule has 0 atom stereocenters. The Bertz CT molecular complexity index is 1210. The van der Waals surface area contributed by atoms with Gasteiger partial charge in [-0.25, -0.2) is 0 Å². The fourth-order valence-electron chi connectivity index (χ4n) is 4.91. The average molecular weight is 596 g/mol. The number of carbonyl (C=O) groups is 1. The van der Waals surface area contributed by atoms with Crippen LogP contribution in [0.25, 0.3) is 20.6 Å². The minimum absolute atomic E-state index is 0.0307. The first-order valence-electron chi connectivity index (χ1n) is 12.4. The SMILES string of the molecule is CCCCCCCCOC(=O)c1cc2ccc3c(Br)c(C4(OC)CCCCC4)[se]c3c2oc1=O. The summed E-state index contributed by atoms with van der Waals surface area (Å²) in [4.78, 5) is 25.3. The van der Waals surface area contributed by atoms with Crippen molar-refractivity contribution in [3.05, 3.63) is 43.1 Å². The van der Waals surface area contributed by atoms with E-state index in [1.807, 2.05) is 12.1 Å². The van der Waals surface area contributed by atoms with Gasteiger partial charge in [-0.15, -0.1) is 0 Å². The normalized spacial score (nSPS) is 15.7. The number of carbonyl (C=O) groups excluding carboxylic acids is 1. The van der Waals surface area contributed by atoms with Gasteiger partial charge in [-0.1, -0.05) is 19.8 Å². The minimum atomic E-state index is -0.631. The molecule has 1 fully saturated rings. The van der Waals surface area contributed by atoms with Crippen LogP contribution in [0, 0.1) is 0 Å². The monoisotopic (exact) mass is 596 g/mol. The average Bonchev–Trinajstić information content (AvgIpc) is 3.20. The molecule has 5 nitrogen and oxygen atoms in total. The summed E-state index contributed by atoms with van der Waals surface area (Å²) >= 11 is 3.80. The summed E-state index contributed by atoms with van der Waals surface area (Å²) in [5.74, 6) is -0.601. The Morgan fingerprint density at radius 2 is 1.85 bits per heavy atom. The van der Waals surface area contributed by atoms with Crippen molar-refractivity contribution in [2.45, 2.75) is 83.2 Å². The third kappa shape index (κ3) is 5.23. The van der Waals surface area contributed by atoms with E-state index >= 15 is 0 Å². The fraction of sp³-hybridized carbons (Fsp3) is 0.556. The number of halogens is 1. The van der Waals surface area contributed by atoms with Crippen molar-refractivity contribution in [1.82, 2.24) is 0 Å². The number of benzene rings is 1. The molecule has 0 amide bonds. The van der Waals surface area contributed by atoms with Crippen LogP contribution >= 0.6 is 15.9 Å². The summed E-state index contributed by atoms with van der Waals surface area (Å²) in [7, 11) is 1.80. The molecule has 3 aromatic rings. The molecule has 7 heteroatoms. The summed E-state index contributed by atoms with van der Waals surface area (Å²) in [6.45, 7) is 2.52. The quantitative estimate of drug-likeness (QED) is 0.108. The topological polar surface area (TPSA) is 65.7 Å². The molecule has 1 aromatic carbocycles. The number of hydrogen-bond donors (Lipinski definition) is 0. The summed E-state index contributed by atoms with van der Waals surface area (Å²) in [5.41, 5.74) is -0.336. The number of hydrogen-bond acceptors (Lipinski definition) is 5. The molecule has 0 bridgehead atoms. The molecule has 34 heavy (non-hydrogen) atoms. The summed E-state index contributed by atoms with van der Waals surface area (Å²) in [5, 5.41) is 1.81. The van der Waals surface area contributed by atoms with Crippen LogP contribution in [0.5, 0.6) is 0 Å². The van der Waals surface area contributed by atoms with E-state index in [0.29, 0.717) is 12.2 Å². The first-order valence-corrected chi connectivity index (χ1v) is 14.9. The fourth-order valence-corrected chi connectivity index (χ4v) is 9.27. The predicted molar refractivity (Wildman–Crippen MR) is 140 cm³/mol. The van der Waals surface area contributed by atoms with Crippen LogP contribution in [-0.4, -0.2) is 34.2 Å². The Morgan fingerprint density at radius 1 is 1.12 bits per heavy atom. The van der Waals surface area contributed by atoms with Crippen LogP contribution in [0.1, 0.15) is 92.3 Å². The number of unbranched alkanes of at least 4 members (excludes halogenated alkanes) is 5. The third-order valence-corrected chi connectivity index (χ3v) is 11.2. The molecule has 1 aliphatic carbocycles. The van der Waals surface area contributed by atoms with Gasteiger partial charge in [0.05, 0.1) is 0 Å². The third-order valence-electron chi connectivity index (χ3n) is 6.91. The van der Waals surface area contributed by atoms with E-state index in [0.717, 1.165) is 64.5 Å². The second-order valence-electron chi connectivity index (χ2n) is 9.22. The number of esters is 1. The van der Waals surface area contributed by atoms with Crippen molar-refractivity contribution < 1.29 is 18.7 Å². The number of fused-ring (bicyclic) bond motifs is 3. The van der Waals surface area contributed by atoms with Gasteiger partial charge in [-0.2, -0.15) is 0 Å². The molecule has 0 spiro atoms. The Balaban J connectivity index is 1.58. The van der Waals surface area contributed by atoms with Crippen molar-refractivity contribution in [2.75, 3.05) is 13.7 Å². The molecule has 0 radical (unpaired) electrons. The first kappa shape index (κ1) is 25.7. The van der Waals surface area contributed by atoms with Crippen molar-refractivity contribution in [3.63, 3.8) is 0 Å². The Hall–Kier alpha value is -1.40. The van der Waals surface area contributed by atoms with Crippen molar-refractivity contribution in [2.24, 2.45) is 0 Å². The van der Waals surface area contributed by atoms with Crippen molar-refractivity contribution in [3.8, 4) is 0 Å². The zero-order chi connectivity index (χ0) is 24.1. The van der Waals surface area contributed by atoms with Crippen LogP contribution < -0.4 is 5.63 Å². The summed E-state index contributed by atoms with van der Waals surface area (Å²) < 4.78 is 20.6. The maximum atomic E-state index is 12.8. The molecular formula is C27H33BrO5Se. The van der Waals surface area contributed by atoms with E-state index in [1.165, 1.54) is 30.1 Å². The van der Waals surface area contributed by atoms with Crippen LogP contribution in [-0.2, 0) is 15.1 Å². The number of methoxy groups -OCH3 is 1. The van der Waals surface area contributed by atoms with Gasteiger partial charge in [0.1, 0.15) is 0 Å². The van der Waals surface area contributed by atoms with Gasteiger partial charge >= 0.3 is 196 Å². The summed E-state index contributed by atoms with van der Waals surface area (Å²) in [6, 6.07) is 5.59. The Labute approximate surface area is 215 Å². The molecule has 0 unspecified atom stereocenters. The number of rotatable bonds is 10. The van der Waals surface area contributed by atoms with Crippen LogP contribution in [0.4, 0.5) is 0 Å². The molecular weight excluding hydrogens is 563 g/mol. The zero-order valence-corrected chi connectivity index (χ0v) is 23.3. The molecule has 184 valence electrons. The van der Waals surface area contributed by atoms with Gasteiger partial charge in [-0.05, 0) is 0 Å². The van der Waals surface area contributed by atoms with Gasteiger partial charge in [-0.3, -0.25) is 0 Å². The van der Waals surface area contributed by atoms with E-state index in [1.54, 1.807) is 13.2 Å². The molecule has 2 aromatic heterocycles. The van der Waals surface area contributed by atoms with Crippen LogP contribution in [0.15, 0.2) is 31.9 Å². The molecule has 1 aliphatic rings. The van der Waals surface area contributed by atoms with Crippen molar-refractivity contribution >= 4 is 57.0 Å². The van der Waals surface area contributed by atoms with E-state index in [4.69, 9.17) is 13.9 Å². The van der Waals surface area contributed by atoms with Gasteiger partial charge in [0.2, 0.25) is 0 Å². The van der Waals surface area contributed by atoms with Crippen LogP contribution in [0.3, 0.4) is 0 Å². The molecule has 1 saturated carbocycles. The van der Waals surface area contributed by atoms with Crippen molar-refractivity contribution in [1.29, 1.82) is 0 Å². The van der Waals surface area contributed by atoms with E-state index in [-0.39, 0.29) is 25.7 Å². The van der Waals surface area contributed by atoms with Gasteiger partial charge in [0.25, 0.3) is 0 Å². The Kier molecular flexibility index (Phi) is 8.73. The Morgan fingerprint density at radius 3 is 2.59 bits per heavy atom. The van der Waals surface area contributed by atoms with Gasteiger partial charge in [0, 0.05) is 0 Å². The molecule has 2 heterocycles. The second-order valence-corrected chi connectivity index (χ2v) is 12.2. The molecule has 0 N–H and O–H groups in total. The van der Waals surface area contributed by atoms with E-state index in [2.05, 4.69) is 22.9 Å². The van der Waals surface area contributed by atoms with Gasteiger partial charge in [0.15, 0.2) is 0 Å². The second kappa shape index (κ2) is 11.6. The molecule has 4 rings (SSSR count). The number of ether oxygens (including phenoxy) is 2. The molecule has 0 aliphatic heterocycles.